The summed E-state index contributed by atoms with van der Waals surface area (Å²) >= 11 is 0. The number of ether oxygens (including phenoxy) is 2. The third-order valence-corrected chi connectivity index (χ3v) is 4.45. The maximum absolute atomic E-state index is 6.03. The zero-order valence-corrected chi connectivity index (χ0v) is 13.1. The molecule has 0 amide bonds. The van der Waals surface area contributed by atoms with Crippen LogP contribution in [0.3, 0.4) is 0 Å². The Morgan fingerprint density at radius 2 is 1.90 bits per heavy atom. The minimum absolute atomic E-state index is 0.111. The molecule has 0 spiro atoms. The van der Waals surface area contributed by atoms with Crippen LogP contribution in [0.15, 0.2) is 18.5 Å². The molecule has 6 heteroatoms. The fraction of sp³-hybridized carbons (Fsp3) is 0.667. The first kappa shape index (κ1) is 14.8. The van der Waals surface area contributed by atoms with E-state index in [1.54, 1.807) is 12.4 Å². The lowest BCUT2D eigenvalue weighted by atomic mass is 9.80. The normalized spacial score (nSPS) is 27.0. The Morgan fingerprint density at radius 3 is 2.52 bits per heavy atom. The number of aromatic nitrogens is 1. The molecule has 0 saturated carbocycles. The van der Waals surface area contributed by atoms with E-state index in [0.717, 1.165) is 24.2 Å². The number of pyridine rings is 1. The lowest BCUT2D eigenvalue weighted by molar-refractivity contribution is 0.00578. The quantitative estimate of drug-likeness (QED) is 0.791. The maximum atomic E-state index is 6.03. The molecule has 0 N–H and O–H groups in total. The van der Waals surface area contributed by atoms with Gasteiger partial charge in [-0.1, -0.05) is 0 Å². The van der Waals surface area contributed by atoms with Crippen LogP contribution in [0.5, 0.6) is 5.75 Å². The number of rotatable bonds is 3. The van der Waals surface area contributed by atoms with Crippen molar-refractivity contribution in [2.75, 3.05) is 13.2 Å². The molecule has 0 radical (unpaired) electrons. The summed E-state index contributed by atoms with van der Waals surface area (Å²) in [6.45, 7) is 9.55. The Balaban J connectivity index is 1.74. The Morgan fingerprint density at radius 1 is 1.19 bits per heavy atom. The zero-order chi connectivity index (χ0) is 15.1. The average molecular weight is 291 g/mol. The van der Waals surface area contributed by atoms with E-state index in [1.165, 1.54) is 0 Å². The maximum Gasteiger partial charge on any atom is 0.496 e. The van der Waals surface area contributed by atoms with Gasteiger partial charge >= 0.3 is 7.12 Å². The van der Waals surface area contributed by atoms with Gasteiger partial charge in [-0.05, 0) is 33.8 Å². The summed E-state index contributed by atoms with van der Waals surface area (Å²) in [5.41, 5.74) is 0.173. The van der Waals surface area contributed by atoms with Gasteiger partial charge in [-0.15, -0.1) is 0 Å². The summed E-state index contributed by atoms with van der Waals surface area (Å²) < 4.78 is 23.3. The second-order valence-corrected chi connectivity index (χ2v) is 6.65. The largest absolute Gasteiger partial charge is 0.496 e. The highest BCUT2D eigenvalue weighted by molar-refractivity contribution is 6.62. The average Bonchev–Trinajstić information content (AvgIpc) is 2.97. The summed E-state index contributed by atoms with van der Waals surface area (Å²) in [4.78, 5) is 4.24. The molecule has 114 valence electrons. The highest BCUT2D eigenvalue weighted by Crippen LogP contribution is 2.36. The molecule has 2 saturated heterocycles. The Hall–Kier alpha value is -1.11. The van der Waals surface area contributed by atoms with E-state index >= 15 is 0 Å². The second kappa shape index (κ2) is 5.27. The topological polar surface area (TPSA) is 49.8 Å². The fourth-order valence-electron chi connectivity index (χ4n) is 2.41. The Kier molecular flexibility index (Phi) is 3.72. The highest BCUT2D eigenvalue weighted by Gasteiger charge is 2.51. The van der Waals surface area contributed by atoms with Gasteiger partial charge in [-0.2, -0.15) is 0 Å². The van der Waals surface area contributed by atoms with E-state index in [1.807, 2.05) is 33.8 Å². The van der Waals surface area contributed by atoms with Crippen LogP contribution in [0.4, 0.5) is 0 Å². The van der Waals surface area contributed by atoms with Crippen LogP contribution in [-0.2, 0) is 14.0 Å². The lowest BCUT2D eigenvalue weighted by Gasteiger charge is -2.32. The van der Waals surface area contributed by atoms with Crippen molar-refractivity contribution >= 4 is 12.6 Å². The summed E-state index contributed by atoms with van der Waals surface area (Å²) in [7, 11) is -0.411. The monoisotopic (exact) mass is 291 g/mol. The fourth-order valence-corrected chi connectivity index (χ4v) is 2.41. The molecule has 5 nitrogen and oxygen atoms in total. The third-order valence-electron chi connectivity index (χ3n) is 4.45. The second-order valence-electron chi connectivity index (χ2n) is 6.65. The Labute approximate surface area is 126 Å². The van der Waals surface area contributed by atoms with Crippen LogP contribution in [-0.4, -0.2) is 42.6 Å². The molecule has 0 aromatic carbocycles. The van der Waals surface area contributed by atoms with E-state index in [-0.39, 0.29) is 17.3 Å². The van der Waals surface area contributed by atoms with Gasteiger partial charge in [-0.3, -0.25) is 4.98 Å². The SMILES string of the molecule is CC1(C)OB(c2cncc(O[C@H]3CCOC3)c2)OC1(C)C. The molecule has 1 atom stereocenters. The number of hydrogen-bond donors (Lipinski definition) is 0. The zero-order valence-electron chi connectivity index (χ0n) is 13.1. The molecule has 2 fully saturated rings. The lowest BCUT2D eigenvalue weighted by Crippen LogP contribution is -2.41. The molecule has 0 bridgehead atoms. The van der Waals surface area contributed by atoms with Gasteiger partial charge in [0.1, 0.15) is 11.9 Å². The van der Waals surface area contributed by atoms with Gasteiger partial charge in [-0.25, -0.2) is 0 Å². The molecular formula is C15H22BNO4. The van der Waals surface area contributed by atoms with Gasteiger partial charge in [0, 0.05) is 18.1 Å². The van der Waals surface area contributed by atoms with E-state index in [9.17, 15) is 0 Å². The van der Waals surface area contributed by atoms with Gasteiger partial charge in [0.05, 0.1) is 30.6 Å². The molecular weight excluding hydrogens is 269 g/mol. The smallest absolute Gasteiger partial charge is 0.486 e. The predicted octanol–water partition coefficient (Wildman–Crippen LogP) is 1.55. The van der Waals surface area contributed by atoms with Gasteiger partial charge < -0.3 is 18.8 Å². The number of hydrogen-bond acceptors (Lipinski definition) is 5. The van der Waals surface area contributed by atoms with Gasteiger partial charge in [0.15, 0.2) is 0 Å². The summed E-state index contributed by atoms with van der Waals surface area (Å²) in [6.07, 6.45) is 4.51. The first-order valence-corrected chi connectivity index (χ1v) is 7.42. The van der Waals surface area contributed by atoms with Crippen molar-refractivity contribution in [3.8, 4) is 5.75 Å². The molecule has 3 heterocycles. The van der Waals surface area contributed by atoms with E-state index in [0.29, 0.717) is 6.61 Å². The Bertz CT molecular complexity index is 498. The highest BCUT2D eigenvalue weighted by atomic mass is 16.7. The first-order valence-electron chi connectivity index (χ1n) is 7.42. The van der Waals surface area contributed by atoms with E-state index in [4.69, 9.17) is 18.8 Å². The van der Waals surface area contributed by atoms with Gasteiger partial charge in [0.2, 0.25) is 0 Å². The molecule has 0 aliphatic carbocycles. The van der Waals surface area contributed by atoms with Crippen LogP contribution >= 0.6 is 0 Å². The standard InChI is InChI=1S/C15H22BNO4/c1-14(2)15(3,4)21-16(20-14)11-7-13(9-17-8-11)19-12-5-6-18-10-12/h7-9,12H,5-6,10H2,1-4H3/t12-/m0/s1. The van der Waals surface area contributed by atoms with Crippen molar-refractivity contribution < 1.29 is 18.8 Å². The van der Waals surface area contributed by atoms with E-state index in [2.05, 4.69) is 4.98 Å². The number of nitrogens with zero attached hydrogens (tertiary/aromatic N) is 1. The molecule has 3 rings (SSSR count). The van der Waals surface area contributed by atoms with Crippen molar-refractivity contribution in [3.63, 3.8) is 0 Å². The molecule has 1 aromatic heterocycles. The van der Waals surface area contributed by atoms with Crippen molar-refractivity contribution in [1.29, 1.82) is 0 Å². The minimum Gasteiger partial charge on any atom is -0.486 e. The van der Waals surface area contributed by atoms with Crippen molar-refractivity contribution in [2.24, 2.45) is 0 Å². The summed E-state index contributed by atoms with van der Waals surface area (Å²) in [6, 6.07) is 1.94. The molecule has 2 aliphatic rings. The molecule has 21 heavy (non-hydrogen) atoms. The van der Waals surface area contributed by atoms with Crippen LogP contribution in [0.25, 0.3) is 0 Å². The van der Waals surface area contributed by atoms with Crippen LogP contribution in [0.1, 0.15) is 34.1 Å². The minimum atomic E-state index is -0.411. The summed E-state index contributed by atoms with van der Waals surface area (Å²) in [5, 5.41) is 0. The van der Waals surface area contributed by atoms with Crippen LogP contribution < -0.4 is 10.2 Å². The van der Waals surface area contributed by atoms with E-state index < -0.39 is 7.12 Å². The molecule has 0 unspecified atom stereocenters. The van der Waals surface area contributed by atoms with Crippen molar-refractivity contribution in [1.82, 2.24) is 4.98 Å². The third kappa shape index (κ3) is 2.93. The van der Waals surface area contributed by atoms with Crippen LogP contribution in [0, 0.1) is 0 Å². The van der Waals surface area contributed by atoms with Gasteiger partial charge in [0.25, 0.3) is 0 Å². The van der Waals surface area contributed by atoms with Crippen molar-refractivity contribution in [2.45, 2.75) is 51.4 Å². The first-order chi connectivity index (χ1) is 9.87. The summed E-state index contributed by atoms with van der Waals surface area (Å²) in [5.74, 6) is 0.734. The molecule has 1 aromatic rings. The van der Waals surface area contributed by atoms with Crippen molar-refractivity contribution in [3.05, 3.63) is 18.5 Å². The predicted molar refractivity (Wildman–Crippen MR) is 79.8 cm³/mol. The molecule has 2 aliphatic heterocycles. The van der Waals surface area contributed by atoms with Crippen LogP contribution in [0.2, 0.25) is 0 Å².